The maximum atomic E-state index is 12.9. The predicted octanol–water partition coefficient (Wildman–Crippen LogP) is 7.38. The van der Waals surface area contributed by atoms with E-state index in [2.05, 4.69) is 11.4 Å². The number of carbonyl (C=O) groups excluding carboxylic acids is 2. The van der Waals surface area contributed by atoms with Crippen LogP contribution >= 0.6 is 0 Å². The second-order valence-electron chi connectivity index (χ2n) is 10.6. The lowest BCUT2D eigenvalue weighted by Gasteiger charge is -2.13. The quantitative estimate of drug-likeness (QED) is 0.211. The molecule has 42 heavy (non-hydrogen) atoms. The second kappa shape index (κ2) is 11.7. The number of anilines is 2. The van der Waals surface area contributed by atoms with Gasteiger partial charge in [-0.3, -0.25) is 9.59 Å². The average Bonchev–Trinajstić information content (AvgIpc) is 3.31. The highest BCUT2D eigenvalue weighted by molar-refractivity contribution is 6.05. The van der Waals surface area contributed by atoms with Crippen molar-refractivity contribution in [2.24, 2.45) is 0 Å². The van der Waals surface area contributed by atoms with Crippen molar-refractivity contribution in [2.45, 2.75) is 27.7 Å². The second-order valence-corrected chi connectivity index (χ2v) is 10.6. The highest BCUT2D eigenvalue weighted by Crippen LogP contribution is 2.42. The van der Waals surface area contributed by atoms with E-state index in [0.717, 1.165) is 39.2 Å². The van der Waals surface area contributed by atoms with Crippen LogP contribution in [-0.4, -0.2) is 35.8 Å². The number of hydrogen-bond acceptors (Lipinski definition) is 5. The monoisotopic (exact) mass is 558 g/mol. The van der Waals surface area contributed by atoms with Gasteiger partial charge in [-0.2, -0.15) is 9.78 Å². The Bertz CT molecular complexity index is 1770. The lowest BCUT2D eigenvalue weighted by atomic mass is 10.0. The van der Waals surface area contributed by atoms with E-state index in [1.807, 2.05) is 119 Å². The van der Waals surface area contributed by atoms with E-state index in [9.17, 15) is 9.59 Å². The van der Waals surface area contributed by atoms with Gasteiger partial charge in [0.1, 0.15) is 5.69 Å². The Kier molecular flexibility index (Phi) is 7.93. The molecule has 0 aliphatic rings. The molecule has 7 heteroatoms. The molecule has 0 bridgehead atoms. The van der Waals surface area contributed by atoms with Crippen LogP contribution < -0.4 is 15.0 Å². The summed E-state index contributed by atoms with van der Waals surface area (Å²) in [6.45, 7) is 7.35. The van der Waals surface area contributed by atoms with Gasteiger partial charge in [0, 0.05) is 43.5 Å². The third-order valence-corrected chi connectivity index (χ3v) is 7.14. The molecule has 1 heterocycles. The summed E-state index contributed by atoms with van der Waals surface area (Å²) in [6.07, 6.45) is 0. The Morgan fingerprint density at radius 2 is 1.48 bits per heavy atom. The molecule has 0 fully saturated rings. The average molecular weight is 559 g/mol. The Hall–Kier alpha value is -5.17. The number of nitrogens with one attached hydrogen (secondary N) is 1. The largest absolute Gasteiger partial charge is 0.407 e. The van der Waals surface area contributed by atoms with Gasteiger partial charge in [-0.05, 0) is 73.9 Å². The fourth-order valence-corrected chi connectivity index (χ4v) is 4.97. The van der Waals surface area contributed by atoms with Gasteiger partial charge in [-0.25, -0.2) is 0 Å². The molecule has 212 valence electrons. The molecule has 0 atom stereocenters. The minimum atomic E-state index is -0.446. The minimum absolute atomic E-state index is 0.175. The van der Waals surface area contributed by atoms with Crippen LogP contribution in [0.4, 0.5) is 11.4 Å². The van der Waals surface area contributed by atoms with Crippen LogP contribution in [-0.2, 0) is 4.79 Å². The van der Waals surface area contributed by atoms with Crippen molar-refractivity contribution in [1.82, 2.24) is 9.78 Å². The van der Waals surface area contributed by atoms with E-state index in [4.69, 9.17) is 9.84 Å². The molecule has 0 saturated carbocycles. The van der Waals surface area contributed by atoms with Crippen LogP contribution in [0.5, 0.6) is 5.88 Å². The van der Waals surface area contributed by atoms with Crippen LogP contribution in [0.1, 0.15) is 34.0 Å². The number of rotatable bonds is 7. The van der Waals surface area contributed by atoms with Gasteiger partial charge >= 0.3 is 5.97 Å². The highest BCUT2D eigenvalue weighted by Gasteiger charge is 2.25. The zero-order valence-electron chi connectivity index (χ0n) is 24.7. The predicted molar refractivity (Wildman–Crippen MR) is 169 cm³/mol. The van der Waals surface area contributed by atoms with Gasteiger partial charge < -0.3 is 15.0 Å². The zero-order chi connectivity index (χ0) is 30.0. The SMILES string of the molecule is CC(=O)Oc1c(-c2ccc(NC(=O)c3ccccc3C)cc2)c(-c2ccc(N(C)C)cc2)nn1-c1ccc(C)cc1C. The minimum Gasteiger partial charge on any atom is -0.407 e. The van der Waals surface area contributed by atoms with Gasteiger partial charge in [0.05, 0.1) is 11.3 Å². The van der Waals surface area contributed by atoms with Crippen molar-refractivity contribution in [2.75, 3.05) is 24.3 Å². The number of carbonyl (C=O) groups is 2. The molecule has 0 aliphatic carbocycles. The highest BCUT2D eigenvalue weighted by atomic mass is 16.5. The standard InChI is InChI=1S/C35H34N4O3/c1-22-11-20-31(24(3)21-22)39-35(42-25(4)40)32(33(37-39)27-14-18-29(19-15-27)38(5)6)26-12-16-28(17-13-26)36-34(41)30-10-8-7-9-23(30)2/h7-21H,1-6H3,(H,36,41). The molecule has 1 aromatic heterocycles. The van der Waals surface area contributed by atoms with E-state index in [-0.39, 0.29) is 5.91 Å². The van der Waals surface area contributed by atoms with Gasteiger partial charge in [0.25, 0.3) is 5.91 Å². The fourth-order valence-electron chi connectivity index (χ4n) is 4.97. The van der Waals surface area contributed by atoms with Gasteiger partial charge in [-0.15, -0.1) is 0 Å². The third kappa shape index (κ3) is 5.81. The lowest BCUT2D eigenvalue weighted by Crippen LogP contribution is -2.13. The molecule has 0 saturated heterocycles. The van der Waals surface area contributed by atoms with Crippen molar-refractivity contribution in [3.8, 4) is 34.0 Å². The first kappa shape index (κ1) is 28.4. The summed E-state index contributed by atoms with van der Waals surface area (Å²) in [7, 11) is 3.99. The molecular weight excluding hydrogens is 524 g/mol. The topological polar surface area (TPSA) is 76.5 Å². The first-order valence-corrected chi connectivity index (χ1v) is 13.8. The van der Waals surface area contributed by atoms with E-state index >= 15 is 0 Å². The fraction of sp³-hybridized carbons (Fsp3) is 0.171. The first-order chi connectivity index (χ1) is 20.1. The zero-order valence-corrected chi connectivity index (χ0v) is 24.7. The summed E-state index contributed by atoms with van der Waals surface area (Å²) in [6, 6.07) is 29.1. The Morgan fingerprint density at radius 1 is 0.810 bits per heavy atom. The van der Waals surface area contributed by atoms with Crippen LogP contribution in [0.25, 0.3) is 28.1 Å². The molecule has 1 amide bonds. The smallest absolute Gasteiger partial charge is 0.309 e. The van der Waals surface area contributed by atoms with Gasteiger partial charge in [0.15, 0.2) is 0 Å². The molecule has 7 nitrogen and oxygen atoms in total. The molecule has 0 aliphatic heterocycles. The number of benzene rings is 4. The maximum absolute atomic E-state index is 12.9. The Morgan fingerprint density at radius 3 is 2.10 bits per heavy atom. The number of ether oxygens (including phenoxy) is 1. The number of aromatic nitrogens is 2. The first-order valence-electron chi connectivity index (χ1n) is 13.8. The Labute approximate surface area is 246 Å². The molecular formula is C35H34N4O3. The van der Waals surface area contributed by atoms with Crippen LogP contribution in [0.2, 0.25) is 0 Å². The number of aryl methyl sites for hydroxylation is 3. The van der Waals surface area contributed by atoms with Crippen molar-refractivity contribution < 1.29 is 14.3 Å². The summed E-state index contributed by atoms with van der Waals surface area (Å²) in [5.41, 5.74) is 9.21. The van der Waals surface area contributed by atoms with Crippen LogP contribution in [0, 0.1) is 20.8 Å². The van der Waals surface area contributed by atoms with Crippen molar-refractivity contribution in [1.29, 1.82) is 0 Å². The Balaban J connectivity index is 1.64. The molecule has 0 unspecified atom stereocenters. The van der Waals surface area contributed by atoms with E-state index in [1.54, 1.807) is 10.7 Å². The summed E-state index contributed by atoms with van der Waals surface area (Å²) in [5, 5.41) is 8.00. The van der Waals surface area contributed by atoms with Crippen molar-refractivity contribution in [3.05, 3.63) is 113 Å². The summed E-state index contributed by atoms with van der Waals surface area (Å²) in [4.78, 5) is 27.4. The lowest BCUT2D eigenvalue weighted by molar-refractivity contribution is -0.132. The van der Waals surface area contributed by atoms with E-state index < -0.39 is 5.97 Å². The van der Waals surface area contributed by atoms with Crippen molar-refractivity contribution in [3.63, 3.8) is 0 Å². The number of nitrogens with zero attached hydrogens (tertiary/aromatic N) is 3. The third-order valence-electron chi connectivity index (χ3n) is 7.14. The van der Waals surface area contributed by atoms with Crippen molar-refractivity contribution >= 4 is 23.3 Å². The molecule has 0 spiro atoms. The van der Waals surface area contributed by atoms with E-state index in [0.29, 0.717) is 28.4 Å². The van der Waals surface area contributed by atoms with Crippen LogP contribution in [0.15, 0.2) is 91.0 Å². The normalized spacial score (nSPS) is 10.8. The molecule has 1 N–H and O–H groups in total. The van der Waals surface area contributed by atoms with Crippen LogP contribution in [0.3, 0.4) is 0 Å². The van der Waals surface area contributed by atoms with E-state index in [1.165, 1.54) is 6.92 Å². The number of esters is 1. The maximum Gasteiger partial charge on any atom is 0.309 e. The number of amides is 1. The molecule has 4 aromatic carbocycles. The summed E-state index contributed by atoms with van der Waals surface area (Å²) in [5.74, 6) is -0.289. The summed E-state index contributed by atoms with van der Waals surface area (Å²) >= 11 is 0. The summed E-state index contributed by atoms with van der Waals surface area (Å²) < 4.78 is 7.59. The van der Waals surface area contributed by atoms with Gasteiger partial charge in [-0.1, -0.05) is 60.2 Å². The molecule has 0 radical (unpaired) electrons. The van der Waals surface area contributed by atoms with Gasteiger partial charge in [0.2, 0.25) is 5.88 Å². The molecule has 5 aromatic rings. The molecule has 5 rings (SSSR count). The number of hydrogen-bond donors (Lipinski definition) is 1.